The lowest BCUT2D eigenvalue weighted by Crippen LogP contribution is -2.30. The van der Waals surface area contributed by atoms with Gasteiger partial charge in [-0.25, -0.2) is 0 Å². The molecule has 0 amide bonds. The van der Waals surface area contributed by atoms with E-state index in [1.165, 1.54) is 199 Å². The molecule has 0 spiro atoms. The van der Waals surface area contributed by atoms with Gasteiger partial charge < -0.3 is 14.2 Å². The molecule has 0 radical (unpaired) electrons. The highest BCUT2D eigenvalue weighted by Gasteiger charge is 2.19. The first-order valence-electron chi connectivity index (χ1n) is 30.3. The minimum Gasteiger partial charge on any atom is -0.462 e. The fourth-order valence-corrected chi connectivity index (χ4v) is 8.82. The van der Waals surface area contributed by atoms with Crippen LogP contribution in [0.4, 0.5) is 0 Å². The van der Waals surface area contributed by atoms with Gasteiger partial charge in [0.25, 0.3) is 0 Å². The first-order chi connectivity index (χ1) is 34.5. The maximum Gasteiger partial charge on any atom is 0.310 e. The quantitative estimate of drug-likeness (QED) is 0.0261. The Morgan fingerprint density at radius 2 is 0.543 bits per heavy atom. The van der Waals surface area contributed by atoms with Gasteiger partial charge in [0.2, 0.25) is 0 Å². The lowest BCUT2D eigenvalue weighted by Gasteiger charge is -2.18. The van der Waals surface area contributed by atoms with Gasteiger partial charge in [-0.1, -0.05) is 306 Å². The van der Waals surface area contributed by atoms with E-state index in [0.717, 1.165) is 70.6 Å². The molecule has 0 saturated carbocycles. The van der Waals surface area contributed by atoms with Crippen molar-refractivity contribution in [2.45, 2.75) is 316 Å². The molecule has 0 aliphatic rings. The summed E-state index contributed by atoms with van der Waals surface area (Å²) < 4.78 is 16.7. The highest BCUT2D eigenvalue weighted by Crippen LogP contribution is 2.17. The van der Waals surface area contributed by atoms with E-state index in [0.29, 0.717) is 12.8 Å². The van der Waals surface area contributed by atoms with E-state index in [1.807, 2.05) is 6.08 Å². The van der Waals surface area contributed by atoms with Crippen LogP contribution < -0.4 is 0 Å². The standard InChI is InChI=1S/C64H114O6/c1-4-7-10-13-16-19-21-23-25-26-27-28-29-30-31-32-33-34-35-36-37-39-40-42-45-48-51-54-57-63(66)69-60-61(59-68-62(65)56-53-50-47-44-18-15-12-9-6-3)70-64(67)58-55-52-49-46-43-41-38-24-22-20-17-14-11-8-5-2/h8,11,17,20,24,38,43,46,52,55,61H,4-7,9-10,12-16,18-19,21-23,25-37,39-42,44-45,47-51,53-54,56-60H2,1-3H3/b11-8-,20-17-,38-24-,46-43-,55-52-. The van der Waals surface area contributed by atoms with Crippen LogP contribution >= 0.6 is 0 Å². The van der Waals surface area contributed by atoms with E-state index >= 15 is 0 Å². The van der Waals surface area contributed by atoms with Crippen LogP contribution in [0.25, 0.3) is 0 Å². The van der Waals surface area contributed by atoms with Crippen LogP contribution in [0.1, 0.15) is 310 Å². The zero-order valence-electron chi connectivity index (χ0n) is 46.5. The summed E-state index contributed by atoms with van der Waals surface area (Å²) in [5, 5.41) is 0. The van der Waals surface area contributed by atoms with Crippen LogP contribution in [-0.4, -0.2) is 37.2 Å². The average molecular weight is 980 g/mol. The number of carbonyl (C=O) groups is 3. The Bertz CT molecular complexity index is 1260. The Kier molecular flexibility index (Phi) is 56.3. The zero-order chi connectivity index (χ0) is 50.7. The van der Waals surface area contributed by atoms with Crippen molar-refractivity contribution < 1.29 is 28.6 Å². The normalized spacial score (nSPS) is 12.4. The number of unbranched alkanes of at least 4 members (excludes halogenated alkanes) is 35. The number of ether oxygens (including phenoxy) is 3. The third-order valence-corrected chi connectivity index (χ3v) is 13.3. The fraction of sp³-hybridized carbons (Fsp3) is 0.797. The van der Waals surface area contributed by atoms with Crippen LogP contribution in [0.3, 0.4) is 0 Å². The van der Waals surface area contributed by atoms with Crippen molar-refractivity contribution in [3.63, 3.8) is 0 Å². The van der Waals surface area contributed by atoms with Gasteiger partial charge in [0.05, 0.1) is 6.42 Å². The molecule has 6 nitrogen and oxygen atoms in total. The monoisotopic (exact) mass is 979 g/mol. The minimum atomic E-state index is -0.824. The summed E-state index contributed by atoms with van der Waals surface area (Å²) in [7, 11) is 0. The topological polar surface area (TPSA) is 78.9 Å². The van der Waals surface area contributed by atoms with Gasteiger partial charge in [-0.2, -0.15) is 0 Å². The number of hydrogen-bond acceptors (Lipinski definition) is 6. The second-order valence-electron chi connectivity index (χ2n) is 20.3. The summed E-state index contributed by atoms with van der Waals surface area (Å²) in [5.41, 5.74) is 0. The third-order valence-electron chi connectivity index (χ3n) is 13.3. The first kappa shape index (κ1) is 67.1. The molecule has 0 fully saturated rings. The Morgan fingerprint density at radius 1 is 0.300 bits per heavy atom. The number of allylic oxidation sites excluding steroid dienone is 9. The van der Waals surface area contributed by atoms with Gasteiger partial charge in [0, 0.05) is 12.8 Å². The zero-order valence-corrected chi connectivity index (χ0v) is 46.5. The van der Waals surface area contributed by atoms with E-state index in [4.69, 9.17) is 14.2 Å². The van der Waals surface area contributed by atoms with Gasteiger partial charge >= 0.3 is 17.9 Å². The van der Waals surface area contributed by atoms with E-state index in [1.54, 1.807) is 6.08 Å². The summed E-state index contributed by atoms with van der Waals surface area (Å²) in [6, 6.07) is 0. The molecule has 0 N–H and O–H groups in total. The van der Waals surface area contributed by atoms with Gasteiger partial charge in [-0.15, -0.1) is 0 Å². The average Bonchev–Trinajstić information content (AvgIpc) is 3.36. The summed E-state index contributed by atoms with van der Waals surface area (Å²) in [5.74, 6) is -1.03. The molecule has 0 aliphatic heterocycles. The number of esters is 3. The van der Waals surface area contributed by atoms with E-state index in [2.05, 4.69) is 69.4 Å². The molecule has 0 aliphatic carbocycles. The molecule has 0 aromatic heterocycles. The molecule has 1 unspecified atom stereocenters. The summed E-state index contributed by atoms with van der Waals surface area (Å²) in [6.45, 7) is 6.45. The van der Waals surface area contributed by atoms with Gasteiger partial charge in [0.1, 0.15) is 13.2 Å². The highest BCUT2D eigenvalue weighted by atomic mass is 16.6. The summed E-state index contributed by atoms with van der Waals surface area (Å²) in [4.78, 5) is 38.0. The number of carbonyl (C=O) groups excluding carboxylic acids is 3. The second-order valence-corrected chi connectivity index (χ2v) is 20.3. The maximum absolute atomic E-state index is 12.7. The molecule has 1 atom stereocenters. The van der Waals surface area contributed by atoms with E-state index < -0.39 is 12.1 Å². The molecule has 406 valence electrons. The van der Waals surface area contributed by atoms with E-state index in [9.17, 15) is 14.4 Å². The van der Waals surface area contributed by atoms with Crippen LogP contribution in [0.5, 0.6) is 0 Å². The Labute approximate surface area is 434 Å². The van der Waals surface area contributed by atoms with Crippen molar-refractivity contribution in [2.75, 3.05) is 13.2 Å². The molecule has 6 heteroatoms. The number of rotatable bonds is 55. The Hall–Kier alpha value is -2.89. The van der Waals surface area contributed by atoms with Crippen molar-refractivity contribution >= 4 is 17.9 Å². The SMILES string of the molecule is CC/C=C\C/C=C\C/C=C\C/C=C\C/C=C\CC(=O)OC(COC(=O)CCCCCCCCCCC)COC(=O)CCCCCCCCCCCCCCCCCCCCCCCCCCCCCC. The maximum atomic E-state index is 12.7. The van der Waals surface area contributed by atoms with Gasteiger partial charge in [-0.3, -0.25) is 14.4 Å². The Balaban J connectivity index is 4.16. The van der Waals surface area contributed by atoms with Crippen LogP contribution in [0.15, 0.2) is 60.8 Å². The molecule has 0 rings (SSSR count). The van der Waals surface area contributed by atoms with Crippen LogP contribution in [-0.2, 0) is 28.6 Å². The van der Waals surface area contributed by atoms with Crippen molar-refractivity contribution in [3.05, 3.63) is 60.8 Å². The lowest BCUT2D eigenvalue weighted by atomic mass is 10.0. The molecule has 0 aromatic rings. The van der Waals surface area contributed by atoms with Crippen molar-refractivity contribution in [1.82, 2.24) is 0 Å². The third kappa shape index (κ3) is 56.0. The fourth-order valence-electron chi connectivity index (χ4n) is 8.82. The molecule has 0 saturated heterocycles. The smallest absolute Gasteiger partial charge is 0.310 e. The van der Waals surface area contributed by atoms with Crippen LogP contribution in [0.2, 0.25) is 0 Å². The Morgan fingerprint density at radius 3 is 0.814 bits per heavy atom. The number of hydrogen-bond donors (Lipinski definition) is 0. The predicted octanol–water partition coefficient (Wildman–Crippen LogP) is 20.4. The largest absolute Gasteiger partial charge is 0.462 e. The van der Waals surface area contributed by atoms with Crippen molar-refractivity contribution in [1.29, 1.82) is 0 Å². The molecule has 0 aromatic carbocycles. The first-order valence-corrected chi connectivity index (χ1v) is 30.3. The molecular weight excluding hydrogens is 865 g/mol. The second kappa shape index (κ2) is 58.7. The molecular formula is C64H114O6. The minimum absolute atomic E-state index is 0.101. The summed E-state index contributed by atoms with van der Waals surface area (Å²) in [6.07, 6.45) is 74.2. The van der Waals surface area contributed by atoms with Gasteiger partial charge in [-0.05, 0) is 44.9 Å². The molecule has 0 heterocycles. The van der Waals surface area contributed by atoms with Crippen LogP contribution in [0, 0.1) is 0 Å². The molecule has 0 bridgehead atoms. The lowest BCUT2D eigenvalue weighted by molar-refractivity contribution is -0.166. The van der Waals surface area contributed by atoms with E-state index in [-0.39, 0.29) is 31.6 Å². The highest BCUT2D eigenvalue weighted by molar-refractivity contribution is 5.72. The predicted molar refractivity (Wildman–Crippen MR) is 302 cm³/mol. The van der Waals surface area contributed by atoms with Crippen molar-refractivity contribution in [2.24, 2.45) is 0 Å². The van der Waals surface area contributed by atoms with Crippen molar-refractivity contribution in [3.8, 4) is 0 Å². The molecule has 70 heavy (non-hydrogen) atoms. The van der Waals surface area contributed by atoms with Gasteiger partial charge in [0.15, 0.2) is 6.10 Å². The summed E-state index contributed by atoms with van der Waals surface area (Å²) >= 11 is 0.